The molecule has 1 aliphatic rings. The van der Waals surface area contributed by atoms with Gasteiger partial charge in [0.25, 0.3) is 5.69 Å². The molecular weight excluding hydrogens is 306 g/mol. The Morgan fingerprint density at radius 2 is 1.58 bits per heavy atom. The van der Waals surface area contributed by atoms with Crippen molar-refractivity contribution in [2.45, 2.75) is 6.92 Å². The molecular formula is C19H11NO4. The highest BCUT2D eigenvalue weighted by molar-refractivity contribution is 6.33. The zero-order valence-corrected chi connectivity index (χ0v) is 12.7. The Labute approximate surface area is 136 Å². The predicted molar refractivity (Wildman–Crippen MR) is 88.6 cm³/mol. The van der Waals surface area contributed by atoms with Crippen molar-refractivity contribution in [3.8, 4) is 0 Å². The third-order valence-corrected chi connectivity index (χ3v) is 4.36. The molecule has 0 aromatic heterocycles. The molecule has 0 N–H and O–H groups in total. The Bertz CT molecular complexity index is 1080. The molecule has 5 heteroatoms. The van der Waals surface area contributed by atoms with E-state index in [1.54, 1.807) is 12.1 Å². The second-order valence-electron chi connectivity index (χ2n) is 5.83. The maximum absolute atomic E-state index is 13.0. The number of hydrogen-bond acceptors (Lipinski definition) is 4. The van der Waals surface area contributed by atoms with Gasteiger partial charge in [-0.2, -0.15) is 0 Å². The smallest absolute Gasteiger partial charge is 0.281 e. The lowest BCUT2D eigenvalue weighted by Gasteiger charge is -2.19. The van der Waals surface area contributed by atoms with Gasteiger partial charge in [0.05, 0.1) is 4.92 Å². The first-order chi connectivity index (χ1) is 11.5. The lowest BCUT2D eigenvalue weighted by atomic mass is 9.81. The minimum absolute atomic E-state index is 0.0924. The molecule has 0 unspecified atom stereocenters. The van der Waals surface area contributed by atoms with Crippen LogP contribution in [0.3, 0.4) is 0 Å². The van der Waals surface area contributed by atoms with Crippen LogP contribution in [0.25, 0.3) is 10.8 Å². The predicted octanol–water partition coefficient (Wildman–Crippen LogP) is 3.83. The van der Waals surface area contributed by atoms with Crippen LogP contribution >= 0.6 is 0 Å². The van der Waals surface area contributed by atoms with Crippen LogP contribution in [-0.2, 0) is 0 Å². The van der Waals surface area contributed by atoms with Gasteiger partial charge in [-0.15, -0.1) is 0 Å². The molecule has 0 spiro atoms. The number of nitro benzene ring substituents is 1. The van der Waals surface area contributed by atoms with Gasteiger partial charge in [0.1, 0.15) is 5.56 Å². The van der Waals surface area contributed by atoms with Crippen LogP contribution in [0, 0.1) is 17.0 Å². The molecule has 116 valence electrons. The number of nitrogens with zero attached hydrogens (tertiary/aromatic N) is 1. The van der Waals surface area contributed by atoms with Gasteiger partial charge in [0, 0.05) is 22.8 Å². The van der Waals surface area contributed by atoms with Crippen LogP contribution in [-0.4, -0.2) is 16.5 Å². The van der Waals surface area contributed by atoms with E-state index in [1.165, 1.54) is 18.2 Å². The zero-order chi connectivity index (χ0) is 17.0. The van der Waals surface area contributed by atoms with Crippen molar-refractivity contribution >= 4 is 28.0 Å². The van der Waals surface area contributed by atoms with Crippen molar-refractivity contribution in [1.29, 1.82) is 0 Å². The van der Waals surface area contributed by atoms with Crippen LogP contribution in [0.1, 0.15) is 37.4 Å². The summed E-state index contributed by atoms with van der Waals surface area (Å²) >= 11 is 0. The van der Waals surface area contributed by atoms with E-state index in [0.717, 1.165) is 10.9 Å². The summed E-state index contributed by atoms with van der Waals surface area (Å²) in [4.78, 5) is 36.4. The number of fused-ring (bicyclic) bond motifs is 4. The fraction of sp³-hybridized carbons (Fsp3) is 0.0526. The lowest BCUT2D eigenvalue weighted by Crippen LogP contribution is -2.22. The standard InChI is InChI=1S/C19H11NO4/c1-10-5-7-12-11(9-10)6-8-14-16(12)18(21)13-3-2-4-15(20(23)24)17(13)19(14)22/h2-9H,1H3. The van der Waals surface area contributed by atoms with Gasteiger partial charge in [0.2, 0.25) is 5.78 Å². The first kappa shape index (κ1) is 14.3. The van der Waals surface area contributed by atoms with Gasteiger partial charge >= 0.3 is 0 Å². The second kappa shape index (κ2) is 4.83. The number of rotatable bonds is 1. The molecule has 3 aromatic carbocycles. The van der Waals surface area contributed by atoms with E-state index in [4.69, 9.17) is 0 Å². The van der Waals surface area contributed by atoms with Crippen molar-refractivity contribution in [2.75, 3.05) is 0 Å². The molecule has 0 heterocycles. The zero-order valence-electron chi connectivity index (χ0n) is 12.7. The minimum atomic E-state index is -0.626. The number of carbonyl (C=O) groups excluding carboxylic acids is 2. The molecule has 4 rings (SSSR count). The molecule has 0 aliphatic heterocycles. The Hall–Kier alpha value is -3.34. The van der Waals surface area contributed by atoms with E-state index in [2.05, 4.69) is 0 Å². The first-order valence-corrected chi connectivity index (χ1v) is 7.39. The highest BCUT2D eigenvalue weighted by Crippen LogP contribution is 2.36. The highest BCUT2D eigenvalue weighted by Gasteiger charge is 2.36. The molecule has 3 aromatic rings. The number of benzene rings is 3. The highest BCUT2D eigenvalue weighted by atomic mass is 16.6. The van der Waals surface area contributed by atoms with Crippen LogP contribution in [0.2, 0.25) is 0 Å². The summed E-state index contributed by atoms with van der Waals surface area (Å²) < 4.78 is 0. The molecule has 24 heavy (non-hydrogen) atoms. The van der Waals surface area contributed by atoms with E-state index < -0.39 is 10.7 Å². The van der Waals surface area contributed by atoms with E-state index in [9.17, 15) is 19.7 Å². The van der Waals surface area contributed by atoms with Gasteiger partial charge in [-0.25, -0.2) is 0 Å². The SMILES string of the molecule is Cc1ccc2c3c(ccc2c1)C(=O)c1c(cccc1[N+](=O)[O-])C3=O. The molecule has 0 amide bonds. The Morgan fingerprint density at radius 1 is 0.875 bits per heavy atom. The van der Waals surface area contributed by atoms with E-state index in [0.29, 0.717) is 10.9 Å². The summed E-state index contributed by atoms with van der Waals surface area (Å²) in [5.41, 5.74) is 1.23. The summed E-state index contributed by atoms with van der Waals surface area (Å²) in [6.07, 6.45) is 0. The normalized spacial score (nSPS) is 12.9. The summed E-state index contributed by atoms with van der Waals surface area (Å²) in [6.45, 7) is 1.95. The second-order valence-corrected chi connectivity index (χ2v) is 5.83. The van der Waals surface area contributed by atoms with Crippen molar-refractivity contribution in [1.82, 2.24) is 0 Å². The van der Waals surface area contributed by atoms with Crippen molar-refractivity contribution < 1.29 is 14.5 Å². The molecule has 0 bridgehead atoms. The van der Waals surface area contributed by atoms with Crippen LogP contribution < -0.4 is 0 Å². The van der Waals surface area contributed by atoms with Gasteiger partial charge in [-0.3, -0.25) is 19.7 Å². The Morgan fingerprint density at radius 3 is 2.33 bits per heavy atom. The van der Waals surface area contributed by atoms with Gasteiger partial charge < -0.3 is 0 Å². The van der Waals surface area contributed by atoms with Crippen LogP contribution in [0.5, 0.6) is 0 Å². The summed E-state index contributed by atoms with van der Waals surface area (Å²) in [7, 11) is 0. The van der Waals surface area contributed by atoms with Crippen LogP contribution in [0.15, 0.2) is 48.5 Å². The quantitative estimate of drug-likeness (QED) is 0.395. The summed E-state index contributed by atoms with van der Waals surface area (Å²) in [5.74, 6) is -0.827. The number of ketones is 2. The molecule has 5 nitrogen and oxygen atoms in total. The van der Waals surface area contributed by atoms with E-state index in [1.807, 2.05) is 25.1 Å². The summed E-state index contributed by atoms with van der Waals surface area (Å²) in [6, 6.07) is 13.1. The number of hydrogen-bond donors (Lipinski definition) is 0. The monoisotopic (exact) mass is 317 g/mol. The molecule has 1 aliphatic carbocycles. The number of carbonyl (C=O) groups is 2. The largest absolute Gasteiger partial charge is 0.289 e. The minimum Gasteiger partial charge on any atom is -0.289 e. The van der Waals surface area contributed by atoms with Gasteiger partial charge in [0.15, 0.2) is 5.78 Å². The van der Waals surface area contributed by atoms with Crippen molar-refractivity contribution in [3.05, 3.63) is 86.5 Å². The van der Waals surface area contributed by atoms with E-state index >= 15 is 0 Å². The molecule has 0 radical (unpaired) electrons. The van der Waals surface area contributed by atoms with Crippen molar-refractivity contribution in [3.63, 3.8) is 0 Å². The van der Waals surface area contributed by atoms with Crippen LogP contribution in [0.4, 0.5) is 5.69 Å². The lowest BCUT2D eigenvalue weighted by molar-refractivity contribution is -0.385. The third kappa shape index (κ3) is 1.81. The Kier molecular flexibility index (Phi) is 2.87. The van der Waals surface area contributed by atoms with Gasteiger partial charge in [-0.1, -0.05) is 35.9 Å². The molecule has 0 saturated carbocycles. The topological polar surface area (TPSA) is 77.3 Å². The fourth-order valence-corrected chi connectivity index (χ4v) is 3.27. The van der Waals surface area contributed by atoms with Crippen molar-refractivity contribution in [2.24, 2.45) is 0 Å². The van der Waals surface area contributed by atoms with E-state index in [-0.39, 0.29) is 28.2 Å². The number of nitro groups is 1. The maximum Gasteiger partial charge on any atom is 0.281 e. The Balaban J connectivity index is 2.09. The third-order valence-electron chi connectivity index (χ3n) is 4.36. The number of aryl methyl sites for hydroxylation is 1. The summed E-state index contributed by atoms with van der Waals surface area (Å²) in [5, 5.41) is 12.8. The maximum atomic E-state index is 13.0. The molecule has 0 saturated heterocycles. The molecule has 0 atom stereocenters. The first-order valence-electron chi connectivity index (χ1n) is 7.39. The average molecular weight is 317 g/mol. The fourth-order valence-electron chi connectivity index (χ4n) is 3.27. The average Bonchev–Trinajstić information content (AvgIpc) is 2.57. The van der Waals surface area contributed by atoms with Gasteiger partial charge in [-0.05, 0) is 29.8 Å². The molecule has 0 fully saturated rings.